The van der Waals surface area contributed by atoms with E-state index in [9.17, 15) is 0 Å². The Bertz CT molecular complexity index is 56.0. The fourth-order valence-corrected chi connectivity index (χ4v) is 1.30. The van der Waals surface area contributed by atoms with Crippen LogP contribution in [0.3, 0.4) is 0 Å². The molecular formula is C11H26O. The molecule has 0 atom stereocenters. The van der Waals surface area contributed by atoms with E-state index in [0.717, 1.165) is 0 Å². The van der Waals surface area contributed by atoms with Crippen molar-refractivity contribution in [3.8, 4) is 0 Å². The Morgan fingerprint density at radius 1 is 0.833 bits per heavy atom. The zero-order valence-corrected chi connectivity index (χ0v) is 9.52. The van der Waals surface area contributed by atoms with Crippen LogP contribution in [-0.2, 0) is 4.74 Å². The van der Waals surface area contributed by atoms with Gasteiger partial charge in [0.05, 0.1) is 6.10 Å². The van der Waals surface area contributed by atoms with Gasteiger partial charge in [-0.05, 0) is 12.8 Å². The maximum atomic E-state index is 5.19. The quantitative estimate of drug-likeness (QED) is 0.583. The van der Waals surface area contributed by atoms with Gasteiger partial charge in [-0.15, -0.1) is 0 Å². The highest BCUT2D eigenvalue weighted by atomic mass is 16.5. The molecule has 1 heteroatoms. The monoisotopic (exact) mass is 174 g/mol. The zero-order chi connectivity index (χ0) is 9.82. The number of hydrogen-bond acceptors (Lipinski definition) is 1. The van der Waals surface area contributed by atoms with Gasteiger partial charge in [-0.1, -0.05) is 47.0 Å². The van der Waals surface area contributed by atoms with Crippen LogP contribution in [0.15, 0.2) is 0 Å². The molecule has 1 fully saturated rings. The van der Waals surface area contributed by atoms with Gasteiger partial charge >= 0.3 is 0 Å². The average molecular weight is 174 g/mol. The van der Waals surface area contributed by atoms with Crippen LogP contribution in [-0.4, -0.2) is 13.2 Å². The summed E-state index contributed by atoms with van der Waals surface area (Å²) in [7, 11) is 1.82. The van der Waals surface area contributed by atoms with Crippen molar-refractivity contribution in [2.75, 3.05) is 7.11 Å². The smallest absolute Gasteiger partial charge is 0.0571 e. The molecule has 0 bridgehead atoms. The van der Waals surface area contributed by atoms with E-state index >= 15 is 0 Å². The Balaban J connectivity index is 0. The molecule has 0 heterocycles. The topological polar surface area (TPSA) is 9.23 Å². The first-order chi connectivity index (χ1) is 5.93. The molecule has 12 heavy (non-hydrogen) atoms. The summed E-state index contributed by atoms with van der Waals surface area (Å²) in [6, 6.07) is 0. The number of rotatable bonds is 1. The van der Waals surface area contributed by atoms with Crippen molar-refractivity contribution in [3.63, 3.8) is 0 Å². The van der Waals surface area contributed by atoms with Crippen LogP contribution in [0.2, 0.25) is 0 Å². The van der Waals surface area contributed by atoms with E-state index in [1.54, 1.807) is 0 Å². The Hall–Kier alpha value is -0.0400. The normalized spacial score (nSPS) is 16.8. The summed E-state index contributed by atoms with van der Waals surface area (Å²) in [5.41, 5.74) is 0. The minimum atomic E-state index is 0.587. The lowest BCUT2D eigenvalue weighted by Crippen LogP contribution is -2.13. The first kappa shape index (κ1) is 14.5. The van der Waals surface area contributed by atoms with Crippen LogP contribution in [0.1, 0.15) is 59.8 Å². The second-order valence-electron chi connectivity index (χ2n) is 2.50. The molecule has 0 saturated heterocycles. The summed E-state index contributed by atoms with van der Waals surface area (Å²) >= 11 is 0. The van der Waals surface area contributed by atoms with Gasteiger partial charge in [-0.2, -0.15) is 0 Å². The molecular weight excluding hydrogens is 148 g/mol. The van der Waals surface area contributed by atoms with Crippen LogP contribution >= 0.6 is 0 Å². The summed E-state index contributed by atoms with van der Waals surface area (Å²) in [5.74, 6) is 0. The predicted octanol–water partition coefficient (Wildman–Crippen LogP) is 4.02. The molecule has 1 aliphatic carbocycles. The number of ether oxygens (including phenoxy) is 1. The van der Waals surface area contributed by atoms with Gasteiger partial charge in [0.2, 0.25) is 0 Å². The Labute approximate surface area is 78.5 Å². The summed E-state index contributed by atoms with van der Waals surface area (Å²) < 4.78 is 5.19. The van der Waals surface area contributed by atoms with Gasteiger partial charge in [-0.3, -0.25) is 0 Å². The van der Waals surface area contributed by atoms with E-state index in [1.807, 2.05) is 34.8 Å². The molecule has 0 aromatic carbocycles. The largest absolute Gasteiger partial charge is 0.381 e. The van der Waals surface area contributed by atoms with Crippen molar-refractivity contribution in [2.45, 2.75) is 65.9 Å². The third kappa shape index (κ3) is 8.06. The summed E-state index contributed by atoms with van der Waals surface area (Å²) in [6.45, 7) is 8.00. The van der Waals surface area contributed by atoms with Crippen molar-refractivity contribution < 1.29 is 4.74 Å². The van der Waals surface area contributed by atoms with Gasteiger partial charge in [0, 0.05) is 7.11 Å². The highest BCUT2D eigenvalue weighted by molar-refractivity contribution is 4.63. The summed E-state index contributed by atoms with van der Waals surface area (Å²) in [5, 5.41) is 0. The Kier molecular flexibility index (Phi) is 16.3. The third-order valence-corrected chi connectivity index (χ3v) is 1.89. The van der Waals surface area contributed by atoms with Crippen LogP contribution in [0.25, 0.3) is 0 Å². The molecule has 1 rings (SSSR count). The van der Waals surface area contributed by atoms with Crippen LogP contribution in [0, 0.1) is 0 Å². The van der Waals surface area contributed by atoms with Gasteiger partial charge < -0.3 is 4.74 Å². The van der Waals surface area contributed by atoms with Gasteiger partial charge in [0.15, 0.2) is 0 Å². The van der Waals surface area contributed by atoms with Crippen molar-refractivity contribution >= 4 is 0 Å². The highest BCUT2D eigenvalue weighted by Crippen LogP contribution is 2.18. The van der Waals surface area contributed by atoms with E-state index in [-0.39, 0.29) is 0 Å². The first-order valence-corrected chi connectivity index (χ1v) is 5.46. The van der Waals surface area contributed by atoms with E-state index in [1.165, 1.54) is 32.1 Å². The number of methoxy groups -OCH3 is 1. The lowest BCUT2D eigenvalue weighted by atomic mass is 9.98. The molecule has 0 radical (unpaired) electrons. The molecule has 0 aromatic rings. The minimum Gasteiger partial charge on any atom is -0.381 e. The molecule has 0 aliphatic heterocycles. The standard InChI is InChI=1S/C7H14O.2C2H6/c1-8-7-5-3-2-4-6-7;2*1-2/h7H,2-6H2,1H3;2*1-2H3. The summed E-state index contributed by atoms with van der Waals surface area (Å²) in [4.78, 5) is 0. The lowest BCUT2D eigenvalue weighted by molar-refractivity contribution is 0.0710. The predicted molar refractivity (Wildman–Crippen MR) is 56.6 cm³/mol. The van der Waals surface area contributed by atoms with Crippen molar-refractivity contribution in [2.24, 2.45) is 0 Å². The molecule has 0 unspecified atom stereocenters. The molecule has 76 valence electrons. The molecule has 1 saturated carbocycles. The van der Waals surface area contributed by atoms with E-state index in [0.29, 0.717) is 6.10 Å². The maximum absolute atomic E-state index is 5.19. The third-order valence-electron chi connectivity index (χ3n) is 1.89. The van der Waals surface area contributed by atoms with Crippen LogP contribution < -0.4 is 0 Å². The summed E-state index contributed by atoms with van der Waals surface area (Å²) in [6.07, 6.45) is 7.33. The van der Waals surface area contributed by atoms with Gasteiger partial charge in [0.1, 0.15) is 0 Å². The van der Waals surface area contributed by atoms with Gasteiger partial charge in [-0.25, -0.2) is 0 Å². The molecule has 0 amide bonds. The molecule has 0 N–H and O–H groups in total. The van der Waals surface area contributed by atoms with Crippen molar-refractivity contribution in [1.29, 1.82) is 0 Å². The van der Waals surface area contributed by atoms with Crippen LogP contribution in [0.4, 0.5) is 0 Å². The van der Waals surface area contributed by atoms with E-state index in [2.05, 4.69) is 0 Å². The molecule has 0 spiro atoms. The first-order valence-electron chi connectivity index (χ1n) is 5.46. The SMILES string of the molecule is CC.CC.COC1CCCCC1. The molecule has 1 nitrogen and oxygen atoms in total. The molecule has 1 aliphatic rings. The number of hydrogen-bond donors (Lipinski definition) is 0. The highest BCUT2D eigenvalue weighted by Gasteiger charge is 2.10. The van der Waals surface area contributed by atoms with Gasteiger partial charge in [0.25, 0.3) is 0 Å². The zero-order valence-electron chi connectivity index (χ0n) is 9.52. The second kappa shape index (κ2) is 13.5. The average Bonchev–Trinajstić information content (AvgIpc) is 2.25. The van der Waals surface area contributed by atoms with Crippen molar-refractivity contribution in [1.82, 2.24) is 0 Å². The fraction of sp³-hybridized carbons (Fsp3) is 1.00. The van der Waals surface area contributed by atoms with E-state index < -0.39 is 0 Å². The van der Waals surface area contributed by atoms with Crippen LogP contribution in [0.5, 0.6) is 0 Å². The second-order valence-corrected chi connectivity index (χ2v) is 2.50. The lowest BCUT2D eigenvalue weighted by Gasteiger charge is -2.19. The molecule has 0 aromatic heterocycles. The maximum Gasteiger partial charge on any atom is 0.0571 e. The van der Waals surface area contributed by atoms with Crippen molar-refractivity contribution in [3.05, 3.63) is 0 Å². The fourth-order valence-electron chi connectivity index (χ4n) is 1.30. The Morgan fingerprint density at radius 2 is 1.25 bits per heavy atom. The minimum absolute atomic E-state index is 0.587. The Morgan fingerprint density at radius 3 is 1.50 bits per heavy atom. The van der Waals surface area contributed by atoms with E-state index in [4.69, 9.17) is 4.74 Å².